The molecule has 154 valence electrons. The van der Waals surface area contributed by atoms with Crippen LogP contribution in [-0.2, 0) is 12.8 Å². The quantitative estimate of drug-likeness (QED) is 0.389. The Morgan fingerprint density at radius 3 is 2.50 bits per heavy atom. The van der Waals surface area contributed by atoms with Crippen molar-refractivity contribution >= 4 is 11.8 Å². The molecule has 0 amide bonds. The van der Waals surface area contributed by atoms with Gasteiger partial charge in [0.05, 0.1) is 30.6 Å². The summed E-state index contributed by atoms with van der Waals surface area (Å²) in [6.45, 7) is 2.51. The summed E-state index contributed by atoms with van der Waals surface area (Å²) >= 11 is 1.47. The first kappa shape index (κ1) is 20.0. The molecule has 0 atom stereocenters. The van der Waals surface area contributed by atoms with Crippen molar-refractivity contribution < 1.29 is 14.0 Å². The van der Waals surface area contributed by atoms with Crippen molar-refractivity contribution in [3.05, 3.63) is 54.4 Å². The van der Waals surface area contributed by atoms with Crippen LogP contribution in [-0.4, -0.2) is 38.6 Å². The van der Waals surface area contributed by atoms with E-state index in [-0.39, 0.29) is 0 Å². The fraction of sp³-hybridized carbons (Fsp3) is 0.238. The summed E-state index contributed by atoms with van der Waals surface area (Å²) in [5, 5.41) is 13.5. The number of aromatic nitrogens is 5. The highest BCUT2D eigenvalue weighted by molar-refractivity contribution is 7.98. The Bertz CT molecular complexity index is 1140. The molecule has 0 saturated carbocycles. The van der Waals surface area contributed by atoms with Crippen LogP contribution in [0.2, 0.25) is 0 Å². The lowest BCUT2D eigenvalue weighted by atomic mass is 10.2. The van der Waals surface area contributed by atoms with Crippen LogP contribution < -0.4 is 9.47 Å². The SMILES string of the molecule is CCOc1ccccc1-c1noc(CSc2nnc(-c3ccccc3OC)n2C)n1. The largest absolute Gasteiger partial charge is 0.496 e. The fourth-order valence-electron chi connectivity index (χ4n) is 2.99. The van der Waals surface area contributed by atoms with Gasteiger partial charge in [0.15, 0.2) is 11.0 Å². The van der Waals surface area contributed by atoms with Gasteiger partial charge in [-0.2, -0.15) is 4.98 Å². The summed E-state index contributed by atoms with van der Waals surface area (Å²) in [6, 6.07) is 15.4. The summed E-state index contributed by atoms with van der Waals surface area (Å²) in [5.74, 6) is 3.69. The maximum atomic E-state index is 5.65. The highest BCUT2D eigenvalue weighted by Crippen LogP contribution is 2.32. The van der Waals surface area contributed by atoms with Gasteiger partial charge in [0.2, 0.25) is 11.7 Å². The van der Waals surface area contributed by atoms with Gasteiger partial charge in [-0.05, 0) is 31.2 Å². The number of hydrogen-bond acceptors (Lipinski definition) is 8. The summed E-state index contributed by atoms with van der Waals surface area (Å²) in [4.78, 5) is 4.50. The van der Waals surface area contributed by atoms with Crippen LogP contribution in [0.4, 0.5) is 0 Å². The highest BCUT2D eigenvalue weighted by atomic mass is 32.2. The summed E-state index contributed by atoms with van der Waals surface area (Å²) < 4.78 is 18.4. The van der Waals surface area contributed by atoms with Gasteiger partial charge in [0, 0.05) is 7.05 Å². The topological polar surface area (TPSA) is 88.1 Å². The minimum absolute atomic E-state index is 0.474. The molecular formula is C21H21N5O3S. The van der Waals surface area contributed by atoms with Gasteiger partial charge >= 0.3 is 0 Å². The minimum atomic E-state index is 0.474. The van der Waals surface area contributed by atoms with Crippen molar-refractivity contribution in [2.75, 3.05) is 13.7 Å². The predicted octanol–water partition coefficient (Wildman–Crippen LogP) is 4.23. The van der Waals surface area contributed by atoms with Crippen LogP contribution >= 0.6 is 11.8 Å². The molecule has 0 aliphatic heterocycles. The smallest absolute Gasteiger partial charge is 0.237 e. The molecule has 0 fully saturated rings. The third-order valence-electron chi connectivity index (χ3n) is 4.40. The van der Waals surface area contributed by atoms with Crippen LogP contribution in [0.5, 0.6) is 11.5 Å². The number of hydrogen-bond donors (Lipinski definition) is 0. The average Bonchev–Trinajstić information content (AvgIpc) is 3.39. The summed E-state index contributed by atoms with van der Waals surface area (Å²) in [7, 11) is 3.56. The van der Waals surface area contributed by atoms with Gasteiger partial charge < -0.3 is 18.6 Å². The molecule has 30 heavy (non-hydrogen) atoms. The molecule has 0 unspecified atom stereocenters. The second-order valence-corrected chi connectivity index (χ2v) is 7.24. The molecule has 2 aromatic heterocycles. The van der Waals surface area contributed by atoms with Crippen LogP contribution in [0.3, 0.4) is 0 Å². The van der Waals surface area contributed by atoms with Crippen LogP contribution in [0.25, 0.3) is 22.8 Å². The van der Waals surface area contributed by atoms with Crippen molar-refractivity contribution in [2.45, 2.75) is 17.8 Å². The maximum absolute atomic E-state index is 5.65. The molecule has 0 aliphatic rings. The second-order valence-electron chi connectivity index (χ2n) is 6.30. The zero-order chi connectivity index (χ0) is 20.9. The Balaban J connectivity index is 1.50. The van der Waals surface area contributed by atoms with Crippen molar-refractivity contribution in [3.8, 4) is 34.3 Å². The molecule has 9 heteroatoms. The van der Waals surface area contributed by atoms with Crippen molar-refractivity contribution in [2.24, 2.45) is 7.05 Å². The molecule has 8 nitrogen and oxygen atoms in total. The first-order valence-corrected chi connectivity index (χ1v) is 10.4. The third-order valence-corrected chi connectivity index (χ3v) is 5.41. The van der Waals surface area contributed by atoms with Gasteiger partial charge in [0.25, 0.3) is 0 Å². The van der Waals surface area contributed by atoms with Crippen molar-refractivity contribution in [3.63, 3.8) is 0 Å². The van der Waals surface area contributed by atoms with E-state index in [1.54, 1.807) is 7.11 Å². The lowest BCUT2D eigenvalue weighted by Gasteiger charge is -2.07. The Labute approximate surface area is 178 Å². The van der Waals surface area contributed by atoms with E-state index in [0.717, 1.165) is 33.6 Å². The Kier molecular flexibility index (Phi) is 5.99. The van der Waals surface area contributed by atoms with Crippen molar-refractivity contribution in [1.82, 2.24) is 24.9 Å². The van der Waals surface area contributed by atoms with E-state index in [2.05, 4.69) is 20.3 Å². The predicted molar refractivity (Wildman–Crippen MR) is 113 cm³/mol. The summed E-state index contributed by atoms with van der Waals surface area (Å²) in [6.07, 6.45) is 0. The Morgan fingerprint density at radius 1 is 1.00 bits per heavy atom. The molecule has 0 bridgehead atoms. The van der Waals surface area contributed by atoms with E-state index in [9.17, 15) is 0 Å². The third kappa shape index (κ3) is 4.02. The van der Waals surface area contributed by atoms with Crippen LogP contribution in [0, 0.1) is 0 Å². The first-order valence-electron chi connectivity index (χ1n) is 9.41. The van der Waals surface area contributed by atoms with Gasteiger partial charge in [-0.15, -0.1) is 10.2 Å². The standard InChI is InChI=1S/C21H21N5O3S/c1-4-28-17-12-8-5-9-14(17)19-22-18(29-25-19)13-30-21-24-23-20(26(21)2)15-10-6-7-11-16(15)27-3/h5-12H,4,13H2,1-3H3. The minimum Gasteiger partial charge on any atom is -0.496 e. The number of nitrogens with zero attached hydrogens (tertiary/aromatic N) is 5. The Morgan fingerprint density at radius 2 is 1.73 bits per heavy atom. The molecule has 0 spiro atoms. The van der Waals surface area contributed by atoms with E-state index in [1.165, 1.54) is 11.8 Å². The molecule has 0 N–H and O–H groups in total. The van der Waals surface area contributed by atoms with Gasteiger partial charge in [-0.1, -0.05) is 41.2 Å². The molecule has 2 aromatic carbocycles. The zero-order valence-electron chi connectivity index (χ0n) is 16.9. The van der Waals surface area contributed by atoms with Crippen molar-refractivity contribution in [1.29, 1.82) is 0 Å². The number of thioether (sulfide) groups is 1. The van der Waals surface area contributed by atoms with Crippen LogP contribution in [0.1, 0.15) is 12.8 Å². The monoisotopic (exact) mass is 423 g/mol. The number of rotatable bonds is 8. The van der Waals surface area contributed by atoms with E-state index in [0.29, 0.717) is 24.1 Å². The highest BCUT2D eigenvalue weighted by Gasteiger charge is 2.17. The lowest BCUT2D eigenvalue weighted by Crippen LogP contribution is -1.97. The number of para-hydroxylation sites is 2. The maximum Gasteiger partial charge on any atom is 0.237 e. The molecule has 0 radical (unpaired) electrons. The molecule has 2 heterocycles. The van der Waals surface area contributed by atoms with E-state index >= 15 is 0 Å². The lowest BCUT2D eigenvalue weighted by molar-refractivity contribution is 0.341. The van der Waals surface area contributed by atoms with Gasteiger partial charge in [-0.25, -0.2) is 0 Å². The van der Waals surface area contributed by atoms with E-state index < -0.39 is 0 Å². The molecular weight excluding hydrogens is 402 g/mol. The zero-order valence-corrected chi connectivity index (χ0v) is 17.7. The van der Waals surface area contributed by atoms with Gasteiger partial charge in [0.1, 0.15) is 11.5 Å². The number of methoxy groups -OCH3 is 1. The molecule has 0 aliphatic carbocycles. The fourth-order valence-corrected chi connectivity index (χ4v) is 3.73. The number of benzene rings is 2. The van der Waals surface area contributed by atoms with E-state index in [4.69, 9.17) is 14.0 Å². The Hall–Kier alpha value is -3.33. The van der Waals surface area contributed by atoms with Crippen LogP contribution in [0.15, 0.2) is 58.2 Å². The van der Waals surface area contributed by atoms with Gasteiger partial charge in [-0.3, -0.25) is 0 Å². The summed E-state index contributed by atoms with van der Waals surface area (Å²) in [5.41, 5.74) is 1.69. The second kappa shape index (κ2) is 9.00. The molecule has 4 rings (SSSR count). The number of ether oxygens (including phenoxy) is 2. The average molecular weight is 423 g/mol. The first-order chi connectivity index (χ1) is 14.7. The normalized spacial score (nSPS) is 10.9. The molecule has 4 aromatic rings. The molecule has 0 saturated heterocycles. The van der Waals surface area contributed by atoms with E-state index in [1.807, 2.05) is 67.1 Å².